The predicted molar refractivity (Wildman–Crippen MR) is 78.3 cm³/mol. The minimum Gasteiger partial charge on any atom is -0.423 e. The van der Waals surface area contributed by atoms with Crippen molar-refractivity contribution in [3.05, 3.63) is 51.5 Å². The highest BCUT2D eigenvalue weighted by molar-refractivity contribution is 5.74. The number of aromatic nitrogens is 3. The van der Waals surface area contributed by atoms with E-state index in [2.05, 4.69) is 15.0 Å². The molecule has 3 aromatic rings. The summed E-state index contributed by atoms with van der Waals surface area (Å²) in [4.78, 5) is 25.4. The summed E-state index contributed by atoms with van der Waals surface area (Å²) < 4.78 is 18.8. The van der Waals surface area contributed by atoms with Gasteiger partial charge >= 0.3 is 0 Å². The van der Waals surface area contributed by atoms with E-state index in [1.54, 1.807) is 13.0 Å². The first-order valence-corrected chi connectivity index (χ1v) is 7.00. The number of rotatable bonds is 1. The van der Waals surface area contributed by atoms with Gasteiger partial charge in [-0.2, -0.15) is 4.98 Å². The van der Waals surface area contributed by atoms with Crippen molar-refractivity contribution in [1.29, 1.82) is 0 Å². The number of oxazole rings is 1. The van der Waals surface area contributed by atoms with Crippen LogP contribution >= 0.6 is 0 Å². The van der Waals surface area contributed by atoms with Crippen LogP contribution in [0.25, 0.3) is 11.1 Å². The molecule has 0 saturated carbocycles. The Bertz CT molecular complexity index is 931. The lowest BCUT2D eigenvalue weighted by molar-refractivity contribution is 0.546. The summed E-state index contributed by atoms with van der Waals surface area (Å²) in [6.07, 6.45) is 0.646. The van der Waals surface area contributed by atoms with Gasteiger partial charge in [0.2, 0.25) is 0 Å². The molecule has 6 nitrogen and oxygen atoms in total. The Labute approximate surface area is 124 Å². The molecule has 0 fully saturated rings. The smallest absolute Gasteiger partial charge is 0.298 e. The van der Waals surface area contributed by atoms with Gasteiger partial charge in [-0.1, -0.05) is 0 Å². The van der Waals surface area contributed by atoms with E-state index in [1.807, 2.05) is 4.90 Å². The summed E-state index contributed by atoms with van der Waals surface area (Å²) in [5.41, 5.74) is 2.31. The molecule has 0 amide bonds. The minimum atomic E-state index is -0.365. The highest BCUT2D eigenvalue weighted by atomic mass is 19.1. The molecule has 0 unspecified atom stereocenters. The van der Waals surface area contributed by atoms with Gasteiger partial charge in [-0.3, -0.25) is 4.79 Å². The number of aryl methyl sites for hydroxylation is 1. The van der Waals surface area contributed by atoms with Crippen molar-refractivity contribution in [3.63, 3.8) is 0 Å². The largest absolute Gasteiger partial charge is 0.423 e. The number of hydrogen-bond donors (Lipinski definition) is 1. The average molecular weight is 300 g/mol. The van der Waals surface area contributed by atoms with Gasteiger partial charge in [-0.15, -0.1) is 0 Å². The normalized spacial score (nSPS) is 14.4. The van der Waals surface area contributed by atoms with Crippen molar-refractivity contribution in [2.45, 2.75) is 19.9 Å². The third kappa shape index (κ3) is 2.05. The number of hydrogen-bond acceptors (Lipinski definition) is 5. The van der Waals surface area contributed by atoms with Crippen LogP contribution in [0.2, 0.25) is 0 Å². The van der Waals surface area contributed by atoms with Crippen molar-refractivity contribution in [2.24, 2.45) is 0 Å². The molecule has 1 aromatic carbocycles. The molecule has 1 N–H and O–H groups in total. The highest BCUT2D eigenvalue weighted by Gasteiger charge is 2.24. The zero-order valence-corrected chi connectivity index (χ0v) is 11.9. The lowest BCUT2D eigenvalue weighted by Crippen LogP contribution is -2.36. The molecule has 1 aliphatic heterocycles. The Hall–Kier alpha value is -2.70. The molecule has 7 heteroatoms. The van der Waals surface area contributed by atoms with Crippen LogP contribution in [0.3, 0.4) is 0 Å². The molecule has 3 heterocycles. The second kappa shape index (κ2) is 4.66. The molecule has 0 atom stereocenters. The van der Waals surface area contributed by atoms with E-state index in [0.717, 1.165) is 5.69 Å². The molecule has 0 radical (unpaired) electrons. The number of H-pyrrole nitrogens is 1. The molecule has 2 aromatic heterocycles. The molecule has 22 heavy (non-hydrogen) atoms. The molecule has 0 saturated heterocycles. The maximum absolute atomic E-state index is 13.2. The van der Waals surface area contributed by atoms with Crippen molar-refractivity contribution >= 4 is 17.1 Å². The summed E-state index contributed by atoms with van der Waals surface area (Å²) in [7, 11) is 0. The summed E-state index contributed by atoms with van der Waals surface area (Å²) in [6.45, 7) is 2.80. The van der Waals surface area contributed by atoms with Crippen LogP contribution < -0.4 is 10.5 Å². The maximum atomic E-state index is 13.2. The van der Waals surface area contributed by atoms with Gasteiger partial charge in [-0.05, 0) is 19.1 Å². The third-order valence-electron chi connectivity index (χ3n) is 3.80. The van der Waals surface area contributed by atoms with Crippen molar-refractivity contribution in [1.82, 2.24) is 15.0 Å². The van der Waals surface area contributed by atoms with Crippen molar-refractivity contribution < 1.29 is 8.81 Å². The Morgan fingerprint density at radius 2 is 2.23 bits per heavy atom. The van der Waals surface area contributed by atoms with E-state index in [4.69, 9.17) is 4.42 Å². The first-order chi connectivity index (χ1) is 10.6. The van der Waals surface area contributed by atoms with Crippen molar-refractivity contribution in [2.75, 3.05) is 11.4 Å². The lowest BCUT2D eigenvalue weighted by atomic mass is 10.1. The number of halogens is 1. The van der Waals surface area contributed by atoms with Gasteiger partial charge in [0.05, 0.1) is 17.8 Å². The summed E-state index contributed by atoms with van der Waals surface area (Å²) in [5.74, 6) is 0.254. The van der Waals surface area contributed by atoms with Crippen LogP contribution in [0.1, 0.15) is 17.1 Å². The highest BCUT2D eigenvalue weighted by Crippen LogP contribution is 2.26. The predicted octanol–water partition coefficient (Wildman–Crippen LogP) is 1.92. The lowest BCUT2D eigenvalue weighted by Gasteiger charge is -2.26. The number of nitrogens with zero attached hydrogens (tertiary/aromatic N) is 3. The summed E-state index contributed by atoms with van der Waals surface area (Å²) in [6, 6.07) is 4.62. The van der Waals surface area contributed by atoms with E-state index >= 15 is 0 Å². The fraction of sp³-hybridized carbons (Fsp3) is 0.267. The number of nitrogens with one attached hydrogen (secondary N) is 1. The average Bonchev–Trinajstić information content (AvgIpc) is 2.89. The van der Waals surface area contributed by atoms with E-state index < -0.39 is 0 Å². The van der Waals surface area contributed by atoms with Gasteiger partial charge in [-0.25, -0.2) is 9.37 Å². The van der Waals surface area contributed by atoms with E-state index in [1.165, 1.54) is 12.1 Å². The monoisotopic (exact) mass is 300 g/mol. The van der Waals surface area contributed by atoms with Crippen molar-refractivity contribution in [3.8, 4) is 0 Å². The van der Waals surface area contributed by atoms with Crippen LogP contribution in [0.5, 0.6) is 0 Å². The maximum Gasteiger partial charge on any atom is 0.298 e. The molecular weight excluding hydrogens is 287 g/mol. The molecule has 0 bridgehead atoms. The van der Waals surface area contributed by atoms with E-state index in [0.29, 0.717) is 48.0 Å². The van der Waals surface area contributed by atoms with Gasteiger partial charge < -0.3 is 14.3 Å². The van der Waals surface area contributed by atoms with Gasteiger partial charge in [0.15, 0.2) is 5.58 Å². The number of benzene rings is 1. The van der Waals surface area contributed by atoms with E-state index in [9.17, 15) is 9.18 Å². The quantitative estimate of drug-likeness (QED) is 0.743. The van der Waals surface area contributed by atoms with Gasteiger partial charge in [0, 0.05) is 19.0 Å². The first kappa shape index (κ1) is 13.0. The van der Waals surface area contributed by atoms with E-state index in [-0.39, 0.29) is 11.4 Å². The fourth-order valence-corrected chi connectivity index (χ4v) is 2.73. The molecule has 4 rings (SSSR count). The molecule has 1 aliphatic rings. The van der Waals surface area contributed by atoms with Gasteiger partial charge in [0.1, 0.15) is 17.2 Å². The summed E-state index contributed by atoms with van der Waals surface area (Å²) in [5, 5.41) is 0. The number of fused-ring (bicyclic) bond motifs is 2. The van der Waals surface area contributed by atoms with Crippen LogP contribution in [0.4, 0.5) is 10.4 Å². The molecular formula is C15H13FN4O2. The molecule has 112 valence electrons. The first-order valence-electron chi connectivity index (χ1n) is 7.00. The van der Waals surface area contributed by atoms with Crippen LogP contribution in [0.15, 0.2) is 27.4 Å². The second-order valence-electron chi connectivity index (χ2n) is 5.36. The second-order valence-corrected chi connectivity index (χ2v) is 5.36. The fourth-order valence-electron chi connectivity index (χ4n) is 2.73. The molecule has 0 spiro atoms. The molecule has 0 aliphatic carbocycles. The van der Waals surface area contributed by atoms with Crippen LogP contribution in [0, 0.1) is 12.7 Å². The van der Waals surface area contributed by atoms with Crippen LogP contribution in [-0.4, -0.2) is 21.5 Å². The Morgan fingerprint density at radius 3 is 3.09 bits per heavy atom. The number of anilines is 1. The number of aromatic amines is 1. The Morgan fingerprint density at radius 1 is 1.36 bits per heavy atom. The van der Waals surface area contributed by atoms with Gasteiger partial charge in [0.25, 0.3) is 11.6 Å². The summed E-state index contributed by atoms with van der Waals surface area (Å²) >= 11 is 0. The SMILES string of the molecule is Cc1nc2c(c(=O)[nH]1)CN(c1nc3ccc(F)cc3o1)CC2. The topological polar surface area (TPSA) is 75.0 Å². The zero-order valence-electron chi connectivity index (χ0n) is 11.9. The minimum absolute atomic E-state index is 0.130. The zero-order chi connectivity index (χ0) is 15.3. The Balaban J connectivity index is 1.73. The third-order valence-corrected chi connectivity index (χ3v) is 3.80. The standard InChI is InChI=1S/C15H13FN4O2/c1-8-17-11-4-5-20(7-10(11)14(21)18-8)15-19-12-3-2-9(16)6-13(12)22-15/h2-3,6H,4-5,7H2,1H3,(H,17,18,21). The Kier molecular flexibility index (Phi) is 2.75. The van der Waals surface area contributed by atoms with Crippen LogP contribution in [-0.2, 0) is 13.0 Å².